The molecule has 112 valence electrons. The summed E-state index contributed by atoms with van der Waals surface area (Å²) in [7, 11) is 0. The molecule has 20 heavy (non-hydrogen) atoms. The van der Waals surface area contributed by atoms with Gasteiger partial charge in [0.05, 0.1) is 12.0 Å². The standard InChI is InChI=1S/C12H21N5O3/c1-3-12(4-2,10(18)19)7-15-11(20)14-5-6-17-9-13-8-16-17/h8-9H,3-7H2,1-2H3,(H,18,19)(H2,14,15,20). The van der Waals surface area contributed by atoms with E-state index in [0.29, 0.717) is 25.9 Å². The highest BCUT2D eigenvalue weighted by molar-refractivity contribution is 5.78. The van der Waals surface area contributed by atoms with E-state index in [1.54, 1.807) is 11.0 Å². The zero-order chi connectivity index (χ0) is 15.0. The van der Waals surface area contributed by atoms with Crippen LogP contribution in [-0.4, -0.2) is 45.0 Å². The van der Waals surface area contributed by atoms with Crippen molar-refractivity contribution in [2.24, 2.45) is 5.41 Å². The summed E-state index contributed by atoms with van der Waals surface area (Å²) in [6.45, 7) is 4.64. The molecular formula is C12H21N5O3. The van der Waals surface area contributed by atoms with Gasteiger partial charge in [-0.05, 0) is 12.8 Å². The van der Waals surface area contributed by atoms with Gasteiger partial charge in [0, 0.05) is 13.1 Å². The predicted molar refractivity (Wildman–Crippen MR) is 72.1 cm³/mol. The van der Waals surface area contributed by atoms with E-state index in [4.69, 9.17) is 0 Å². The van der Waals surface area contributed by atoms with Crippen LogP contribution in [0, 0.1) is 5.41 Å². The van der Waals surface area contributed by atoms with Gasteiger partial charge in [0.1, 0.15) is 12.7 Å². The third-order valence-corrected chi connectivity index (χ3v) is 3.49. The van der Waals surface area contributed by atoms with Gasteiger partial charge in [-0.3, -0.25) is 9.48 Å². The van der Waals surface area contributed by atoms with Crippen molar-refractivity contribution in [3.8, 4) is 0 Å². The van der Waals surface area contributed by atoms with Crippen molar-refractivity contribution < 1.29 is 14.7 Å². The van der Waals surface area contributed by atoms with Crippen LogP contribution in [-0.2, 0) is 11.3 Å². The maximum absolute atomic E-state index is 11.6. The van der Waals surface area contributed by atoms with Crippen molar-refractivity contribution in [1.29, 1.82) is 0 Å². The molecule has 1 aromatic rings. The van der Waals surface area contributed by atoms with E-state index >= 15 is 0 Å². The number of carboxylic acids is 1. The van der Waals surface area contributed by atoms with Crippen LogP contribution in [0.5, 0.6) is 0 Å². The molecule has 8 heteroatoms. The van der Waals surface area contributed by atoms with Gasteiger partial charge in [-0.15, -0.1) is 0 Å². The van der Waals surface area contributed by atoms with E-state index in [0.717, 1.165) is 0 Å². The average Bonchev–Trinajstić information content (AvgIpc) is 2.93. The van der Waals surface area contributed by atoms with Crippen LogP contribution in [0.3, 0.4) is 0 Å². The average molecular weight is 283 g/mol. The summed E-state index contributed by atoms with van der Waals surface area (Å²) in [5.74, 6) is -0.884. The van der Waals surface area contributed by atoms with Gasteiger partial charge in [0.15, 0.2) is 0 Å². The molecule has 8 nitrogen and oxygen atoms in total. The van der Waals surface area contributed by atoms with E-state index in [1.165, 1.54) is 6.33 Å². The molecule has 0 bridgehead atoms. The van der Waals surface area contributed by atoms with Crippen LogP contribution in [0.25, 0.3) is 0 Å². The number of amides is 2. The lowest BCUT2D eigenvalue weighted by Gasteiger charge is -2.26. The first-order valence-corrected chi connectivity index (χ1v) is 6.61. The third-order valence-electron chi connectivity index (χ3n) is 3.49. The summed E-state index contributed by atoms with van der Waals surface area (Å²) >= 11 is 0. The lowest BCUT2D eigenvalue weighted by atomic mass is 9.82. The lowest BCUT2D eigenvalue weighted by Crippen LogP contribution is -2.46. The Morgan fingerprint density at radius 3 is 2.50 bits per heavy atom. The highest BCUT2D eigenvalue weighted by atomic mass is 16.4. The largest absolute Gasteiger partial charge is 0.481 e. The van der Waals surface area contributed by atoms with Gasteiger partial charge in [-0.1, -0.05) is 13.8 Å². The second-order valence-electron chi connectivity index (χ2n) is 4.56. The van der Waals surface area contributed by atoms with Gasteiger partial charge in [0.2, 0.25) is 0 Å². The molecule has 0 saturated heterocycles. The van der Waals surface area contributed by atoms with Gasteiger partial charge >= 0.3 is 12.0 Å². The zero-order valence-corrected chi connectivity index (χ0v) is 11.8. The summed E-state index contributed by atoms with van der Waals surface area (Å²) in [5, 5.41) is 18.4. The van der Waals surface area contributed by atoms with Crippen molar-refractivity contribution in [1.82, 2.24) is 25.4 Å². The Balaban J connectivity index is 2.33. The quantitative estimate of drug-likeness (QED) is 0.642. The van der Waals surface area contributed by atoms with E-state index in [2.05, 4.69) is 20.7 Å². The van der Waals surface area contributed by atoms with Crippen molar-refractivity contribution in [2.45, 2.75) is 33.2 Å². The first kappa shape index (κ1) is 15.9. The normalized spacial score (nSPS) is 11.1. The van der Waals surface area contributed by atoms with Crippen LogP contribution in [0.15, 0.2) is 12.7 Å². The smallest absolute Gasteiger partial charge is 0.314 e. The van der Waals surface area contributed by atoms with Gasteiger partial charge < -0.3 is 15.7 Å². The lowest BCUT2D eigenvalue weighted by molar-refractivity contribution is -0.149. The minimum absolute atomic E-state index is 0.116. The third kappa shape index (κ3) is 4.22. The second-order valence-corrected chi connectivity index (χ2v) is 4.56. The van der Waals surface area contributed by atoms with E-state index in [1.807, 2.05) is 13.8 Å². The molecule has 0 aromatic carbocycles. The molecule has 0 saturated carbocycles. The van der Waals surface area contributed by atoms with Crippen LogP contribution in [0.2, 0.25) is 0 Å². The molecule has 0 aliphatic heterocycles. The SMILES string of the molecule is CCC(CC)(CNC(=O)NCCn1cncn1)C(=O)O. The Morgan fingerprint density at radius 1 is 1.30 bits per heavy atom. The topological polar surface area (TPSA) is 109 Å². The molecule has 1 aromatic heterocycles. The molecule has 0 radical (unpaired) electrons. The van der Waals surface area contributed by atoms with Crippen molar-refractivity contribution in [3.63, 3.8) is 0 Å². The Kier molecular flexibility index (Phi) is 5.95. The fraction of sp³-hybridized carbons (Fsp3) is 0.667. The summed E-state index contributed by atoms with van der Waals surface area (Å²) < 4.78 is 1.60. The highest BCUT2D eigenvalue weighted by Crippen LogP contribution is 2.25. The number of rotatable bonds is 8. The minimum Gasteiger partial charge on any atom is -0.481 e. The molecule has 1 rings (SSSR count). The Hall–Kier alpha value is -2.12. The van der Waals surface area contributed by atoms with Crippen LogP contribution in [0.1, 0.15) is 26.7 Å². The number of carbonyl (C=O) groups excluding carboxylic acids is 1. The Bertz CT molecular complexity index is 428. The number of carboxylic acid groups (broad SMARTS) is 1. The van der Waals surface area contributed by atoms with Gasteiger partial charge in [-0.2, -0.15) is 5.10 Å². The molecular weight excluding hydrogens is 262 g/mol. The number of carbonyl (C=O) groups is 2. The summed E-state index contributed by atoms with van der Waals surface area (Å²) in [5.41, 5.74) is -0.900. The number of urea groups is 1. The molecule has 0 fully saturated rings. The molecule has 0 spiro atoms. The summed E-state index contributed by atoms with van der Waals surface area (Å²) in [6.07, 6.45) is 3.92. The number of hydrogen-bond acceptors (Lipinski definition) is 4. The number of nitrogens with zero attached hydrogens (tertiary/aromatic N) is 3. The monoisotopic (exact) mass is 283 g/mol. The number of aliphatic carboxylic acids is 1. The van der Waals surface area contributed by atoms with E-state index < -0.39 is 11.4 Å². The van der Waals surface area contributed by atoms with E-state index in [9.17, 15) is 14.7 Å². The van der Waals surface area contributed by atoms with Crippen molar-refractivity contribution in [2.75, 3.05) is 13.1 Å². The van der Waals surface area contributed by atoms with Crippen LogP contribution in [0.4, 0.5) is 4.79 Å². The molecule has 3 N–H and O–H groups in total. The molecule has 2 amide bonds. The molecule has 1 heterocycles. The van der Waals surface area contributed by atoms with Crippen molar-refractivity contribution >= 4 is 12.0 Å². The Morgan fingerprint density at radius 2 is 2.00 bits per heavy atom. The summed E-state index contributed by atoms with van der Waals surface area (Å²) in [6, 6.07) is -0.377. The number of nitrogens with one attached hydrogen (secondary N) is 2. The van der Waals surface area contributed by atoms with Crippen molar-refractivity contribution in [3.05, 3.63) is 12.7 Å². The first-order chi connectivity index (χ1) is 9.54. The Labute approximate surface area is 117 Å². The second kappa shape index (κ2) is 7.46. The maximum atomic E-state index is 11.6. The van der Waals surface area contributed by atoms with Gasteiger partial charge in [0.25, 0.3) is 0 Å². The molecule has 0 unspecified atom stereocenters. The fourth-order valence-corrected chi connectivity index (χ4v) is 1.82. The minimum atomic E-state index is -0.900. The van der Waals surface area contributed by atoms with E-state index in [-0.39, 0.29) is 12.6 Å². The number of hydrogen-bond donors (Lipinski definition) is 3. The molecule has 0 aliphatic rings. The fourth-order valence-electron chi connectivity index (χ4n) is 1.82. The number of aromatic nitrogens is 3. The van der Waals surface area contributed by atoms with Gasteiger partial charge in [-0.25, -0.2) is 9.78 Å². The summed E-state index contributed by atoms with van der Waals surface area (Å²) in [4.78, 5) is 26.7. The zero-order valence-electron chi connectivity index (χ0n) is 11.8. The molecule has 0 atom stereocenters. The highest BCUT2D eigenvalue weighted by Gasteiger charge is 2.35. The predicted octanol–water partition coefficient (Wildman–Crippen LogP) is 0.468. The molecule has 0 aliphatic carbocycles. The van der Waals surface area contributed by atoms with Crippen LogP contribution >= 0.6 is 0 Å². The maximum Gasteiger partial charge on any atom is 0.314 e. The van der Waals surface area contributed by atoms with Crippen LogP contribution < -0.4 is 10.6 Å². The first-order valence-electron chi connectivity index (χ1n) is 6.61.